The van der Waals surface area contributed by atoms with Crippen LogP contribution in [0.2, 0.25) is 0 Å². The van der Waals surface area contributed by atoms with E-state index >= 15 is 0 Å². The maximum Gasteiger partial charge on any atom is 0.228 e. The van der Waals surface area contributed by atoms with E-state index in [0.717, 1.165) is 11.3 Å². The van der Waals surface area contributed by atoms with Crippen molar-refractivity contribution >= 4 is 27.3 Å². The Morgan fingerprint density at radius 3 is 2.41 bits per heavy atom. The van der Waals surface area contributed by atoms with E-state index in [4.69, 9.17) is 0 Å². The van der Waals surface area contributed by atoms with E-state index in [9.17, 15) is 18.0 Å². The summed E-state index contributed by atoms with van der Waals surface area (Å²) in [5.41, 5.74) is 1.73. The van der Waals surface area contributed by atoms with Gasteiger partial charge in [-0.1, -0.05) is 39.0 Å². The highest BCUT2D eigenvalue weighted by Gasteiger charge is 2.50. The summed E-state index contributed by atoms with van der Waals surface area (Å²) in [6.07, 6.45) is 0.999. The molecule has 1 aromatic carbocycles. The summed E-state index contributed by atoms with van der Waals surface area (Å²) >= 11 is 0. The number of rotatable bonds is 4. The first kappa shape index (κ1) is 19.9. The number of nitrogens with one attached hydrogen (secondary N) is 1. The third kappa shape index (κ3) is 4.34. The second kappa shape index (κ2) is 6.93. The number of carbonyl (C=O) groups excluding carboxylic acids is 2. The fourth-order valence-corrected chi connectivity index (χ4v) is 5.53. The maximum atomic E-state index is 12.6. The van der Waals surface area contributed by atoms with Gasteiger partial charge < -0.3 is 10.2 Å². The SMILES string of the molecule is CN(C(=O)C1CC1C(=O)Nc1ccccc1C(C)(C)C)C1CCS(=O)(=O)C1. The molecule has 7 heteroatoms. The number of benzene rings is 1. The quantitative estimate of drug-likeness (QED) is 0.851. The molecule has 2 aliphatic rings. The summed E-state index contributed by atoms with van der Waals surface area (Å²) in [5.74, 6) is -0.796. The van der Waals surface area contributed by atoms with E-state index in [1.807, 2.05) is 24.3 Å². The van der Waals surface area contributed by atoms with Crippen LogP contribution >= 0.6 is 0 Å². The molecule has 1 aromatic rings. The average molecular weight is 393 g/mol. The first-order chi connectivity index (χ1) is 12.5. The molecule has 2 fully saturated rings. The Morgan fingerprint density at radius 1 is 1.15 bits per heavy atom. The van der Waals surface area contributed by atoms with Crippen LogP contribution in [0.3, 0.4) is 0 Å². The molecule has 0 radical (unpaired) electrons. The Hall–Kier alpha value is -1.89. The third-order valence-electron chi connectivity index (χ3n) is 5.54. The lowest BCUT2D eigenvalue weighted by Crippen LogP contribution is -2.39. The van der Waals surface area contributed by atoms with E-state index in [1.54, 1.807) is 7.05 Å². The van der Waals surface area contributed by atoms with Crippen LogP contribution in [0.1, 0.15) is 39.2 Å². The van der Waals surface area contributed by atoms with E-state index in [0.29, 0.717) is 12.8 Å². The number of hydrogen-bond donors (Lipinski definition) is 1. The fourth-order valence-electron chi connectivity index (χ4n) is 3.75. The highest BCUT2D eigenvalue weighted by Crippen LogP contribution is 2.42. The van der Waals surface area contributed by atoms with Crippen LogP contribution in [0, 0.1) is 11.8 Å². The predicted octanol–water partition coefficient (Wildman–Crippen LogP) is 2.20. The Kier molecular flexibility index (Phi) is 5.10. The summed E-state index contributed by atoms with van der Waals surface area (Å²) in [6.45, 7) is 6.27. The topological polar surface area (TPSA) is 83.6 Å². The molecule has 1 N–H and O–H groups in total. The van der Waals surface area contributed by atoms with Crippen LogP contribution in [0.15, 0.2) is 24.3 Å². The van der Waals surface area contributed by atoms with Crippen molar-refractivity contribution in [1.82, 2.24) is 4.90 Å². The minimum Gasteiger partial charge on any atom is -0.341 e. The molecule has 0 aromatic heterocycles. The van der Waals surface area contributed by atoms with Crippen molar-refractivity contribution in [3.8, 4) is 0 Å². The fraction of sp³-hybridized carbons (Fsp3) is 0.600. The van der Waals surface area contributed by atoms with Gasteiger partial charge in [0.15, 0.2) is 9.84 Å². The summed E-state index contributed by atoms with van der Waals surface area (Å²) < 4.78 is 23.3. The lowest BCUT2D eigenvalue weighted by atomic mass is 9.86. The van der Waals surface area contributed by atoms with Gasteiger partial charge in [-0.05, 0) is 29.9 Å². The summed E-state index contributed by atoms with van der Waals surface area (Å²) in [5, 5.41) is 2.98. The number of para-hydroxylation sites is 1. The normalized spacial score (nSPS) is 26.4. The van der Waals surface area contributed by atoms with Crippen molar-refractivity contribution in [2.75, 3.05) is 23.9 Å². The highest BCUT2D eigenvalue weighted by atomic mass is 32.2. The second-order valence-electron chi connectivity index (χ2n) is 8.74. The molecular weight excluding hydrogens is 364 g/mol. The van der Waals surface area contributed by atoms with Crippen molar-refractivity contribution in [1.29, 1.82) is 0 Å². The average Bonchev–Trinajstić information content (AvgIpc) is 3.30. The van der Waals surface area contributed by atoms with Crippen LogP contribution < -0.4 is 5.32 Å². The van der Waals surface area contributed by atoms with Crippen LogP contribution in [-0.2, 0) is 24.8 Å². The number of sulfone groups is 1. The Balaban J connectivity index is 1.62. The Labute approximate surface area is 161 Å². The highest BCUT2D eigenvalue weighted by molar-refractivity contribution is 7.91. The zero-order chi connectivity index (χ0) is 20.0. The van der Waals surface area contributed by atoms with Crippen LogP contribution in [0.4, 0.5) is 5.69 Å². The van der Waals surface area contributed by atoms with Gasteiger partial charge in [-0.2, -0.15) is 0 Å². The van der Waals surface area contributed by atoms with Crippen molar-refractivity contribution in [2.24, 2.45) is 11.8 Å². The van der Waals surface area contributed by atoms with Gasteiger partial charge in [0.25, 0.3) is 0 Å². The van der Waals surface area contributed by atoms with Gasteiger partial charge >= 0.3 is 0 Å². The molecule has 27 heavy (non-hydrogen) atoms. The molecule has 3 unspecified atom stereocenters. The second-order valence-corrected chi connectivity index (χ2v) is 11.0. The van der Waals surface area contributed by atoms with Gasteiger partial charge in [-0.25, -0.2) is 8.42 Å². The number of anilines is 1. The van der Waals surface area contributed by atoms with Gasteiger partial charge in [0.05, 0.1) is 23.3 Å². The van der Waals surface area contributed by atoms with Crippen molar-refractivity contribution in [3.63, 3.8) is 0 Å². The maximum absolute atomic E-state index is 12.6. The molecule has 3 rings (SSSR count). The molecule has 148 valence electrons. The number of nitrogens with zero attached hydrogens (tertiary/aromatic N) is 1. The first-order valence-electron chi connectivity index (χ1n) is 9.37. The monoisotopic (exact) mass is 392 g/mol. The molecule has 1 saturated carbocycles. The van der Waals surface area contributed by atoms with Crippen LogP contribution in [-0.4, -0.2) is 49.7 Å². The van der Waals surface area contributed by atoms with Gasteiger partial charge in [0.2, 0.25) is 11.8 Å². The summed E-state index contributed by atoms with van der Waals surface area (Å²) in [4.78, 5) is 26.8. The molecule has 0 bridgehead atoms. The molecule has 1 saturated heterocycles. The van der Waals surface area contributed by atoms with Crippen molar-refractivity contribution in [3.05, 3.63) is 29.8 Å². The zero-order valence-electron chi connectivity index (χ0n) is 16.4. The molecule has 6 nitrogen and oxygen atoms in total. The van der Waals surface area contributed by atoms with Crippen molar-refractivity contribution in [2.45, 2.75) is 45.1 Å². The predicted molar refractivity (Wildman–Crippen MR) is 105 cm³/mol. The summed E-state index contributed by atoms with van der Waals surface area (Å²) in [7, 11) is -1.39. The van der Waals surface area contributed by atoms with E-state index in [-0.39, 0.29) is 46.6 Å². The Bertz CT molecular complexity index is 857. The van der Waals surface area contributed by atoms with Crippen LogP contribution in [0.25, 0.3) is 0 Å². The molecule has 1 aliphatic carbocycles. The third-order valence-corrected chi connectivity index (χ3v) is 7.29. The minimum absolute atomic E-state index is 0.0256. The molecule has 0 spiro atoms. The largest absolute Gasteiger partial charge is 0.341 e. The number of amides is 2. The lowest BCUT2D eigenvalue weighted by Gasteiger charge is -2.24. The Morgan fingerprint density at radius 2 is 1.81 bits per heavy atom. The molecule has 1 heterocycles. The molecule has 1 aliphatic heterocycles. The van der Waals surface area contributed by atoms with Gasteiger partial charge in [-0.15, -0.1) is 0 Å². The standard InChI is InChI=1S/C20H28N2O4S/c1-20(2,3)16-7-5-6-8-17(16)21-18(23)14-11-15(14)19(24)22(4)13-9-10-27(25,26)12-13/h5-8,13-15H,9-12H2,1-4H3,(H,21,23). The first-order valence-corrected chi connectivity index (χ1v) is 11.2. The van der Waals surface area contributed by atoms with Gasteiger partial charge in [0.1, 0.15) is 0 Å². The van der Waals surface area contributed by atoms with E-state index < -0.39 is 9.84 Å². The van der Waals surface area contributed by atoms with Crippen LogP contribution in [0.5, 0.6) is 0 Å². The molecule has 2 amide bonds. The molecule has 3 atom stereocenters. The number of carbonyl (C=O) groups is 2. The van der Waals surface area contributed by atoms with E-state index in [2.05, 4.69) is 26.1 Å². The van der Waals surface area contributed by atoms with Crippen molar-refractivity contribution < 1.29 is 18.0 Å². The minimum atomic E-state index is -3.04. The van der Waals surface area contributed by atoms with E-state index in [1.165, 1.54) is 4.90 Å². The molecular formula is C20H28N2O4S. The lowest BCUT2D eigenvalue weighted by molar-refractivity contribution is -0.134. The smallest absolute Gasteiger partial charge is 0.228 e. The zero-order valence-corrected chi connectivity index (χ0v) is 17.2. The number of hydrogen-bond acceptors (Lipinski definition) is 4. The van der Waals surface area contributed by atoms with Gasteiger partial charge in [-0.3, -0.25) is 9.59 Å². The van der Waals surface area contributed by atoms with Gasteiger partial charge in [0, 0.05) is 18.8 Å². The summed E-state index contributed by atoms with van der Waals surface area (Å²) in [6, 6.07) is 7.44.